The molecule has 3 heterocycles. The zero-order valence-corrected chi connectivity index (χ0v) is 80.6. The smallest absolute Gasteiger partial charge is 0.306 e. The van der Waals surface area contributed by atoms with Gasteiger partial charge in [0.15, 0.2) is 40.4 Å². The summed E-state index contributed by atoms with van der Waals surface area (Å²) in [7, 11) is 2.63. The minimum atomic E-state index is -2.21. The number of halogens is 2. The molecule has 5 rings (SSSR count). The molecule has 144 heavy (non-hydrogen) atoms. The molecule has 53 nitrogen and oxygen atoms in total. The average Bonchev–Trinajstić information content (AvgIpc) is 1.65. The molecular weight excluding hydrogens is 1930 g/mol. The van der Waals surface area contributed by atoms with Crippen molar-refractivity contribution in [2.45, 2.75) is 178 Å². The first-order chi connectivity index (χ1) is 69.3. The van der Waals surface area contributed by atoms with E-state index in [2.05, 4.69) is 53.2 Å². The zero-order valence-electron chi connectivity index (χ0n) is 81.6. The Kier molecular flexibility index (Phi) is 57.5. The van der Waals surface area contributed by atoms with Gasteiger partial charge in [-0.1, -0.05) is 0 Å². The van der Waals surface area contributed by atoms with Crippen molar-refractivity contribution in [1.82, 2.24) is 67.9 Å². The van der Waals surface area contributed by atoms with Crippen LogP contribution in [0.4, 0.5) is 8.78 Å². The van der Waals surface area contributed by atoms with Crippen LogP contribution in [0.2, 0.25) is 0 Å². The lowest BCUT2D eigenvalue weighted by Crippen LogP contribution is -2.52. The number of ether oxygens (including phenoxy) is 14. The fourth-order valence-corrected chi connectivity index (χ4v) is 13.4. The van der Waals surface area contributed by atoms with Gasteiger partial charge in [0.25, 0.3) is 0 Å². The number of methoxy groups -OCH3 is 2. The molecule has 3 aliphatic rings. The number of fused-ring (bicyclic) bond motifs is 2. The van der Waals surface area contributed by atoms with Crippen molar-refractivity contribution in [1.29, 1.82) is 0 Å². The normalized spacial score (nSPS) is 15.3. The van der Waals surface area contributed by atoms with Crippen molar-refractivity contribution in [3.8, 4) is 23.0 Å². The summed E-state index contributed by atoms with van der Waals surface area (Å²) >= 11 is 0. The number of Topliss-reactive ketones (excluding diaryl/α,β-unsaturated/α-hetero) is 1. The van der Waals surface area contributed by atoms with Gasteiger partial charge in [-0.3, -0.25) is 86.4 Å². The molecule has 3 aliphatic heterocycles. The van der Waals surface area contributed by atoms with Gasteiger partial charge in [-0.15, -0.1) is 0 Å². The largest absolute Gasteiger partial charge is 0.493 e. The summed E-state index contributed by atoms with van der Waals surface area (Å²) in [5, 5.41) is 110. The number of hydrogen-bond acceptors (Lipinski definition) is 40. The number of imide groups is 1. The number of nitrogens with one attached hydrogen (secondary N) is 10. The summed E-state index contributed by atoms with van der Waals surface area (Å²) in [4.78, 5) is 219. The van der Waals surface area contributed by atoms with E-state index in [1.807, 2.05) is 0 Å². The molecule has 0 aliphatic carbocycles. The van der Waals surface area contributed by atoms with Crippen molar-refractivity contribution in [3.63, 3.8) is 0 Å². The maximum absolute atomic E-state index is 16.2. The maximum Gasteiger partial charge on any atom is 0.306 e. The van der Waals surface area contributed by atoms with Crippen molar-refractivity contribution < 1.29 is 204 Å². The van der Waals surface area contributed by atoms with E-state index in [9.17, 15) is 117 Å². The monoisotopic (exact) mass is 2070 g/mol. The standard InChI is InChI=1S/C89H135F2N13O40/c1-5-141-78(123)15-13-74(119)102-46-54-37-64(131-3)86(80(90)56(54)48-102)142-19-6-20-143-87-65(132-4)38-55-47-103(49-57(55)81(87)91)75(120)14-16-79(124)144-53(2)39-93-66(111)9-8-59(101-73(118)50-104-76(121)11-12-77(104)122)89(130)99-45-72(117)97-44-71(116)96-43-70(115)95-42-69(114)92-18-22-134-24-26-136-28-30-138-32-34-140-36-35-139-33-31-137-29-27-135-25-23-133-21-17-68(113)100-58(88(129)98-41-61(108)83(126)85(128)63(110)52-106)7-10-67(112)94-40-60(107)82(125)84(127)62(109)51-105/h37-38,53,58-63,82-84,105-110,125-127H,5-36,39-52H2,1-4H3,(H,92,114)(H,93,111)(H,94,112)(H,95,115)(H,96,116)(H,97,117)(H,98,129)(H,99,130)(H,100,113)(H,101,118)/t53-,58-,59-,60-,61-,62+,63+,82+,83+,84+/m0/s1/i11T/t11?,53-,58-,59-,60-,61-,62+,63+,82+,83+,84+. The summed E-state index contributed by atoms with van der Waals surface area (Å²) in [6.45, 7) is -0.952. The van der Waals surface area contributed by atoms with E-state index >= 15 is 8.78 Å². The van der Waals surface area contributed by atoms with Gasteiger partial charge in [-0.25, -0.2) is 8.78 Å². The van der Waals surface area contributed by atoms with E-state index in [4.69, 9.17) is 77.9 Å². The Hall–Kier alpha value is -11.8. The highest BCUT2D eigenvalue weighted by Crippen LogP contribution is 2.41. The Morgan fingerprint density at radius 3 is 1.30 bits per heavy atom. The lowest BCUT2D eigenvalue weighted by molar-refractivity contribution is -0.150. The number of rotatable bonds is 77. The molecule has 0 radical (unpaired) electrons. The molecular formula is C89H135F2N13O40. The molecule has 55 heteroatoms. The molecule has 0 aromatic heterocycles. The predicted octanol–water partition coefficient (Wildman–Crippen LogP) is -9.22. The minimum absolute atomic E-state index is 0.0251. The number of esters is 2. The molecule has 0 spiro atoms. The molecule has 1 saturated heterocycles. The summed E-state index contributed by atoms with van der Waals surface area (Å²) in [5.74, 6) is -15.7. The van der Waals surface area contributed by atoms with Crippen LogP contribution < -0.4 is 72.1 Å². The number of amides is 14. The number of nitrogens with zero attached hydrogens (tertiary/aromatic N) is 3. The quantitative estimate of drug-likeness (QED) is 0.0166. The summed E-state index contributed by atoms with van der Waals surface area (Å²) in [6, 6.07) is 0.0402. The maximum atomic E-state index is 16.2. The van der Waals surface area contributed by atoms with Crippen molar-refractivity contribution in [3.05, 3.63) is 46.0 Å². The van der Waals surface area contributed by atoms with Crippen LogP contribution in [0.1, 0.15) is 114 Å². The third-order valence-corrected chi connectivity index (χ3v) is 21.2. The van der Waals surface area contributed by atoms with Crippen molar-refractivity contribution >= 4 is 100 Å². The Bertz CT molecular complexity index is 4540. The molecule has 1 fully saturated rings. The van der Waals surface area contributed by atoms with E-state index in [1.165, 1.54) is 37.0 Å². The number of aliphatic hydroxyl groups is 9. The summed E-state index contributed by atoms with van der Waals surface area (Å²) < 4.78 is 116. The van der Waals surface area contributed by atoms with E-state index in [-0.39, 0.29) is 230 Å². The zero-order chi connectivity index (χ0) is 107. The fourth-order valence-electron chi connectivity index (χ4n) is 13.4. The van der Waals surface area contributed by atoms with Gasteiger partial charge in [0.2, 0.25) is 82.7 Å². The molecule has 2 aromatic carbocycles. The number of aliphatic hydroxyl groups excluding tert-OH is 9. The van der Waals surface area contributed by atoms with Gasteiger partial charge < -0.3 is 175 Å². The Labute approximate surface area is 828 Å². The van der Waals surface area contributed by atoms with E-state index in [1.54, 1.807) is 13.0 Å². The van der Waals surface area contributed by atoms with Crippen LogP contribution in [0.3, 0.4) is 0 Å². The third-order valence-electron chi connectivity index (χ3n) is 21.2. The van der Waals surface area contributed by atoms with E-state index < -0.39 is 265 Å². The highest BCUT2D eigenvalue weighted by molar-refractivity contribution is 6.05. The fraction of sp³-hybridized carbons (Fsp3) is 0.674. The topological polar surface area (TPSA) is 732 Å². The highest BCUT2D eigenvalue weighted by Gasteiger charge is 2.38. The molecule has 19 N–H and O–H groups in total. The minimum Gasteiger partial charge on any atom is -0.493 e. The molecule has 0 bridgehead atoms. The van der Waals surface area contributed by atoms with Crippen LogP contribution in [0, 0.1) is 11.6 Å². The van der Waals surface area contributed by atoms with Crippen molar-refractivity contribution in [2.24, 2.45) is 0 Å². The Balaban J connectivity index is 0.847. The van der Waals surface area contributed by atoms with Crippen LogP contribution >= 0.6 is 0 Å². The van der Waals surface area contributed by atoms with Gasteiger partial charge in [-0.05, 0) is 49.9 Å². The van der Waals surface area contributed by atoms with Crippen LogP contribution in [-0.4, -0.2) is 434 Å². The average molecular weight is 2070 g/mol. The van der Waals surface area contributed by atoms with E-state index in [0.717, 1.165) is 0 Å². The Morgan fingerprint density at radius 2 is 0.854 bits per heavy atom. The van der Waals surface area contributed by atoms with Crippen molar-refractivity contribution in [2.75, 3.05) is 212 Å². The predicted molar refractivity (Wildman–Crippen MR) is 485 cm³/mol. The van der Waals surface area contributed by atoms with Crippen LogP contribution in [0.25, 0.3) is 0 Å². The number of carbonyl (C=O) groups is 17. The highest BCUT2D eigenvalue weighted by atomic mass is 19.1. The number of carbonyl (C=O) groups excluding carboxylic acids is 17. The molecule has 0 saturated carbocycles. The van der Waals surface area contributed by atoms with E-state index in [0.29, 0.717) is 29.2 Å². The van der Waals surface area contributed by atoms with Crippen LogP contribution in [0.5, 0.6) is 23.0 Å². The molecule has 14 amide bonds. The second kappa shape index (κ2) is 68.5. The second-order valence-electron chi connectivity index (χ2n) is 32.2. The lowest BCUT2D eigenvalue weighted by atomic mass is 10.0. The third kappa shape index (κ3) is 46.1. The first-order valence-corrected chi connectivity index (χ1v) is 46.4. The van der Waals surface area contributed by atoms with Gasteiger partial charge in [-0.2, -0.15) is 0 Å². The number of ketones is 1. The second-order valence-corrected chi connectivity index (χ2v) is 32.2. The lowest BCUT2D eigenvalue weighted by Gasteiger charge is -2.25. The summed E-state index contributed by atoms with van der Waals surface area (Å²) in [6.07, 6.45) is -19.6. The number of hydrogen-bond donors (Lipinski definition) is 19. The first-order valence-electron chi connectivity index (χ1n) is 47.0. The van der Waals surface area contributed by atoms with Gasteiger partial charge in [0, 0.05) is 110 Å². The SMILES string of the molecule is [3H]C1CC(=O)N(CC(=O)N[C@@H](CCC(=O)NC[C@H](C)OC(=O)CCC(=O)N2Cc3cc(OC)c(OCCCOc4c(OC)cc5c(c4F)CN(C(=O)CCC(=O)OCC)C5)c(F)c3C2)C(=O)NCC(=O)NCC(=O)NCC(=O)NCC(=O)NCCOCCOCCOCCOCCOCCOCCOCCOCCC(=O)N[C@@H](CCC(=O)NC[C@H](O)[C@@H](O)[C@H](O)[C@H](O)CO)C(=O)NC[C@H](O)[C@@H](O)C(=O)[C@H](O)CO)C1=O. The first kappa shape index (κ1) is 121. The molecule has 1 unspecified atom stereocenters. The Morgan fingerprint density at radius 1 is 0.438 bits per heavy atom. The van der Waals surface area contributed by atoms with Crippen LogP contribution in [0.15, 0.2) is 12.1 Å². The van der Waals surface area contributed by atoms with Gasteiger partial charge >= 0.3 is 11.9 Å². The molecule has 2 aromatic rings. The number of likely N-dealkylation sites (tertiary alicyclic amines) is 1. The molecule has 11 atom stereocenters. The van der Waals surface area contributed by atoms with Crippen LogP contribution in [-0.2, 0) is 155 Å². The van der Waals surface area contributed by atoms with Gasteiger partial charge in [0.05, 0.1) is 205 Å². The molecule has 810 valence electrons. The summed E-state index contributed by atoms with van der Waals surface area (Å²) in [5.41, 5.74) is 1.29. The number of benzene rings is 2. The van der Waals surface area contributed by atoms with Gasteiger partial charge in [0.1, 0.15) is 61.4 Å².